The van der Waals surface area contributed by atoms with Crippen LogP contribution in [0.1, 0.15) is 13.3 Å². The number of nitrogens with one attached hydrogen (secondary N) is 1. The zero-order valence-corrected chi connectivity index (χ0v) is 17.0. The summed E-state index contributed by atoms with van der Waals surface area (Å²) in [7, 11) is 3.11. The molecule has 1 aliphatic rings. The molecule has 9 nitrogen and oxygen atoms in total. The zero-order chi connectivity index (χ0) is 19.9. The Bertz CT molecular complexity index is 794. The standard InChI is InChI=1S/C18H24N4O5S/c1-4-14(17(23)19-13-11-12(24-2)5-6-15(13)25-3)27-18-16(20-28-21-18)22-7-9-26-10-8-22/h5-6,11,14H,4,7-10H2,1-3H3,(H,19,23)/t14-/m0/s1. The molecule has 1 atom stereocenters. The lowest BCUT2D eigenvalue weighted by Crippen LogP contribution is -2.37. The molecule has 28 heavy (non-hydrogen) atoms. The van der Waals surface area contributed by atoms with E-state index in [1.807, 2.05) is 6.92 Å². The van der Waals surface area contributed by atoms with Crippen molar-refractivity contribution in [2.24, 2.45) is 0 Å². The number of anilines is 2. The van der Waals surface area contributed by atoms with E-state index in [-0.39, 0.29) is 5.91 Å². The van der Waals surface area contributed by atoms with Gasteiger partial charge < -0.3 is 29.2 Å². The number of carbonyl (C=O) groups is 1. The minimum absolute atomic E-state index is 0.296. The molecule has 2 aromatic rings. The van der Waals surface area contributed by atoms with Crippen LogP contribution in [0.4, 0.5) is 11.5 Å². The molecule has 0 aliphatic carbocycles. The summed E-state index contributed by atoms with van der Waals surface area (Å²) in [5.74, 6) is 1.87. The topological polar surface area (TPSA) is 95.0 Å². The van der Waals surface area contributed by atoms with Gasteiger partial charge in [0, 0.05) is 19.2 Å². The van der Waals surface area contributed by atoms with E-state index >= 15 is 0 Å². The summed E-state index contributed by atoms with van der Waals surface area (Å²) in [4.78, 5) is 14.9. The van der Waals surface area contributed by atoms with Gasteiger partial charge in [0.25, 0.3) is 11.8 Å². The predicted molar refractivity (Wildman–Crippen MR) is 106 cm³/mol. The van der Waals surface area contributed by atoms with Crippen LogP contribution >= 0.6 is 11.7 Å². The molecular weight excluding hydrogens is 384 g/mol. The number of hydrogen-bond acceptors (Lipinski definition) is 9. The van der Waals surface area contributed by atoms with Crippen molar-refractivity contribution in [1.82, 2.24) is 8.75 Å². The Morgan fingerprint density at radius 2 is 2.07 bits per heavy atom. The van der Waals surface area contributed by atoms with Crippen LogP contribution in [-0.4, -0.2) is 61.3 Å². The second kappa shape index (κ2) is 9.56. The van der Waals surface area contributed by atoms with Crippen molar-refractivity contribution in [1.29, 1.82) is 0 Å². The Balaban J connectivity index is 1.72. The third-order valence-corrected chi connectivity index (χ3v) is 4.84. The number of ether oxygens (including phenoxy) is 4. The molecule has 152 valence electrons. The Morgan fingerprint density at radius 1 is 1.29 bits per heavy atom. The fourth-order valence-electron chi connectivity index (χ4n) is 2.80. The number of amides is 1. The molecule has 0 unspecified atom stereocenters. The van der Waals surface area contributed by atoms with Crippen LogP contribution in [0.5, 0.6) is 17.4 Å². The van der Waals surface area contributed by atoms with Crippen LogP contribution in [0.25, 0.3) is 0 Å². The smallest absolute Gasteiger partial charge is 0.271 e. The maximum atomic E-state index is 12.8. The summed E-state index contributed by atoms with van der Waals surface area (Å²) in [5.41, 5.74) is 0.513. The van der Waals surface area contributed by atoms with Crippen LogP contribution in [-0.2, 0) is 9.53 Å². The van der Waals surface area contributed by atoms with E-state index in [1.54, 1.807) is 32.4 Å². The van der Waals surface area contributed by atoms with Crippen molar-refractivity contribution in [3.8, 4) is 17.4 Å². The zero-order valence-electron chi connectivity index (χ0n) is 16.1. The molecule has 1 fully saturated rings. The molecule has 1 aromatic heterocycles. The van der Waals surface area contributed by atoms with Crippen molar-refractivity contribution < 1.29 is 23.7 Å². The molecule has 1 N–H and O–H groups in total. The van der Waals surface area contributed by atoms with Gasteiger partial charge in [-0.3, -0.25) is 4.79 Å². The van der Waals surface area contributed by atoms with Gasteiger partial charge in [-0.15, -0.1) is 4.37 Å². The monoisotopic (exact) mass is 408 g/mol. The third kappa shape index (κ3) is 4.63. The average Bonchev–Trinajstić information content (AvgIpc) is 3.20. The van der Waals surface area contributed by atoms with Crippen LogP contribution in [0.3, 0.4) is 0 Å². The molecule has 1 aromatic carbocycles. The molecule has 0 bridgehead atoms. The van der Waals surface area contributed by atoms with Crippen LogP contribution in [0.15, 0.2) is 18.2 Å². The van der Waals surface area contributed by atoms with E-state index in [4.69, 9.17) is 18.9 Å². The third-order valence-electron chi connectivity index (χ3n) is 4.33. The second-order valence-corrected chi connectivity index (χ2v) is 6.59. The maximum absolute atomic E-state index is 12.8. The Morgan fingerprint density at radius 3 is 2.75 bits per heavy atom. The summed E-state index contributed by atoms with van der Waals surface area (Å²) in [6.07, 6.45) is -0.252. The summed E-state index contributed by atoms with van der Waals surface area (Å²) < 4.78 is 30.4. The Kier molecular flexibility index (Phi) is 6.88. The summed E-state index contributed by atoms with van der Waals surface area (Å²) >= 11 is 1.06. The van der Waals surface area contributed by atoms with E-state index in [0.29, 0.717) is 61.6 Å². The first-order valence-corrected chi connectivity index (χ1v) is 9.74. The van der Waals surface area contributed by atoms with Gasteiger partial charge in [-0.05, 0) is 18.6 Å². The van der Waals surface area contributed by atoms with E-state index in [1.165, 1.54) is 0 Å². The Labute approximate surface area is 167 Å². The number of benzene rings is 1. The quantitative estimate of drug-likeness (QED) is 0.710. The average molecular weight is 408 g/mol. The first-order chi connectivity index (χ1) is 13.7. The maximum Gasteiger partial charge on any atom is 0.271 e. The van der Waals surface area contributed by atoms with Gasteiger partial charge in [0.1, 0.15) is 11.5 Å². The minimum Gasteiger partial charge on any atom is -0.497 e. The van der Waals surface area contributed by atoms with E-state index < -0.39 is 6.10 Å². The van der Waals surface area contributed by atoms with Gasteiger partial charge >= 0.3 is 0 Å². The fraction of sp³-hybridized carbons (Fsp3) is 0.500. The normalized spacial score (nSPS) is 15.0. The summed E-state index contributed by atoms with van der Waals surface area (Å²) in [6, 6.07) is 5.20. The number of nitrogens with zero attached hydrogens (tertiary/aromatic N) is 3. The van der Waals surface area contributed by atoms with Crippen molar-refractivity contribution in [2.45, 2.75) is 19.4 Å². The van der Waals surface area contributed by atoms with Gasteiger partial charge in [0.05, 0.1) is 44.8 Å². The highest BCUT2D eigenvalue weighted by atomic mass is 32.1. The first kappa shape index (κ1) is 20.2. The fourth-order valence-corrected chi connectivity index (χ4v) is 3.31. The van der Waals surface area contributed by atoms with Crippen LogP contribution in [0.2, 0.25) is 0 Å². The molecule has 10 heteroatoms. The lowest BCUT2D eigenvalue weighted by atomic mass is 10.2. The highest BCUT2D eigenvalue weighted by molar-refractivity contribution is 6.99. The van der Waals surface area contributed by atoms with Gasteiger partial charge in [-0.2, -0.15) is 4.37 Å². The SMILES string of the molecule is CC[C@H](Oc1nsnc1N1CCOCC1)C(=O)Nc1cc(OC)ccc1OC. The van der Waals surface area contributed by atoms with Gasteiger partial charge in [0.15, 0.2) is 6.10 Å². The molecule has 2 heterocycles. The van der Waals surface area contributed by atoms with Gasteiger partial charge in [-0.25, -0.2) is 0 Å². The lowest BCUT2D eigenvalue weighted by molar-refractivity contribution is -0.122. The molecule has 0 saturated carbocycles. The van der Waals surface area contributed by atoms with Crippen LogP contribution in [0, 0.1) is 0 Å². The van der Waals surface area contributed by atoms with Crippen molar-refractivity contribution in [2.75, 3.05) is 50.7 Å². The summed E-state index contributed by atoms with van der Waals surface area (Å²) in [6.45, 7) is 4.56. The number of carbonyl (C=O) groups excluding carboxylic acids is 1. The molecule has 1 saturated heterocycles. The lowest BCUT2D eigenvalue weighted by Gasteiger charge is -2.27. The second-order valence-electron chi connectivity index (χ2n) is 6.06. The van der Waals surface area contributed by atoms with Gasteiger partial charge in [0.2, 0.25) is 5.82 Å². The number of hydrogen-bond donors (Lipinski definition) is 1. The summed E-state index contributed by atoms with van der Waals surface area (Å²) in [5, 5.41) is 2.85. The number of aromatic nitrogens is 2. The highest BCUT2D eigenvalue weighted by Crippen LogP contribution is 2.30. The van der Waals surface area contributed by atoms with E-state index in [9.17, 15) is 4.79 Å². The molecule has 0 radical (unpaired) electrons. The molecular formula is C18H24N4O5S. The molecule has 3 rings (SSSR count). The molecule has 1 amide bonds. The van der Waals surface area contributed by atoms with Crippen molar-refractivity contribution in [3.05, 3.63) is 18.2 Å². The van der Waals surface area contributed by atoms with Crippen molar-refractivity contribution >= 4 is 29.1 Å². The first-order valence-electron chi connectivity index (χ1n) is 9.01. The van der Waals surface area contributed by atoms with Crippen LogP contribution < -0.4 is 24.4 Å². The van der Waals surface area contributed by atoms with Crippen molar-refractivity contribution in [3.63, 3.8) is 0 Å². The van der Waals surface area contributed by atoms with E-state index in [0.717, 1.165) is 11.7 Å². The predicted octanol–water partition coefficient (Wildman–Crippen LogP) is 2.19. The highest BCUT2D eigenvalue weighted by Gasteiger charge is 2.26. The number of rotatable bonds is 8. The van der Waals surface area contributed by atoms with Gasteiger partial charge in [-0.1, -0.05) is 6.92 Å². The Hall–Kier alpha value is -2.59. The minimum atomic E-state index is -0.723. The number of methoxy groups -OCH3 is 2. The molecule has 1 aliphatic heterocycles. The van der Waals surface area contributed by atoms with E-state index in [2.05, 4.69) is 19.0 Å². The number of morpholine rings is 1. The molecule has 0 spiro atoms. The largest absolute Gasteiger partial charge is 0.497 e.